The number of hydrogen-bond donors (Lipinski definition) is 0. The fourth-order valence-electron chi connectivity index (χ4n) is 8.24. The van der Waals surface area contributed by atoms with E-state index in [2.05, 4.69) is 128 Å². The zero-order valence-corrected chi connectivity index (χ0v) is 28.8. The monoisotopic (exact) mass is 659 g/mol. The van der Waals surface area contributed by atoms with E-state index < -0.39 is 0 Å². The molecule has 51 heavy (non-hydrogen) atoms. The fourth-order valence-corrected chi connectivity index (χ4v) is 8.24. The predicted octanol–water partition coefficient (Wildman–Crippen LogP) is 11.3. The minimum atomic E-state index is 0.733. The Morgan fingerprint density at radius 1 is 0.490 bits per heavy atom. The van der Waals surface area contributed by atoms with Crippen LogP contribution in [0.15, 0.2) is 128 Å². The summed E-state index contributed by atoms with van der Waals surface area (Å²) in [6, 6.07) is 34.4. The van der Waals surface area contributed by atoms with Crippen molar-refractivity contribution in [3.8, 4) is 33.8 Å². The number of imidazole rings is 2. The van der Waals surface area contributed by atoms with E-state index in [1.165, 1.54) is 49.9 Å². The number of fused-ring (bicyclic) bond motifs is 12. The van der Waals surface area contributed by atoms with Crippen LogP contribution in [0.3, 0.4) is 0 Å². The van der Waals surface area contributed by atoms with Gasteiger partial charge in [0.15, 0.2) is 0 Å². The van der Waals surface area contributed by atoms with E-state index in [1.54, 1.807) is 0 Å². The highest BCUT2D eigenvalue weighted by molar-refractivity contribution is 6.17. The SMILES string of the molecule is Cc1cccc(C)c1-c1cc(-c2c(C)cccc2C)c2c(c1)c1ccc(Oc3ccc4c(c3)c3nccn3c3cccnc43)cc1c1nccn12. The van der Waals surface area contributed by atoms with Crippen LogP contribution < -0.4 is 4.74 Å². The smallest absolute Gasteiger partial charge is 0.145 e. The van der Waals surface area contributed by atoms with Gasteiger partial charge in [0.25, 0.3) is 0 Å². The molecule has 0 amide bonds. The van der Waals surface area contributed by atoms with Gasteiger partial charge in [0.1, 0.15) is 22.8 Å². The molecule has 0 spiro atoms. The molecule has 10 rings (SSSR count). The number of benzene rings is 5. The summed E-state index contributed by atoms with van der Waals surface area (Å²) in [7, 11) is 0. The van der Waals surface area contributed by atoms with Gasteiger partial charge in [-0.3, -0.25) is 13.8 Å². The van der Waals surface area contributed by atoms with Gasteiger partial charge in [-0.1, -0.05) is 36.4 Å². The molecule has 6 heteroatoms. The van der Waals surface area contributed by atoms with Crippen molar-refractivity contribution in [2.45, 2.75) is 27.7 Å². The second-order valence-electron chi connectivity index (χ2n) is 13.6. The normalized spacial score (nSPS) is 11.9. The van der Waals surface area contributed by atoms with Gasteiger partial charge in [0.05, 0.1) is 16.6 Å². The van der Waals surface area contributed by atoms with E-state index >= 15 is 0 Å². The summed E-state index contributed by atoms with van der Waals surface area (Å²) < 4.78 is 11.0. The molecule has 0 aliphatic carbocycles. The van der Waals surface area contributed by atoms with E-state index in [-0.39, 0.29) is 0 Å². The number of aromatic nitrogens is 5. The molecule has 5 heterocycles. The average Bonchev–Trinajstić information content (AvgIpc) is 3.83. The lowest BCUT2D eigenvalue weighted by Crippen LogP contribution is -1.98. The van der Waals surface area contributed by atoms with Crippen LogP contribution in [0, 0.1) is 27.7 Å². The molecule has 0 radical (unpaired) electrons. The number of ether oxygens (including phenoxy) is 1. The Morgan fingerprint density at radius 3 is 1.80 bits per heavy atom. The zero-order valence-electron chi connectivity index (χ0n) is 28.8. The van der Waals surface area contributed by atoms with Crippen LogP contribution in [0.2, 0.25) is 0 Å². The molecule has 0 aliphatic rings. The van der Waals surface area contributed by atoms with Crippen LogP contribution in [0.5, 0.6) is 11.5 Å². The number of pyridine rings is 3. The van der Waals surface area contributed by atoms with Crippen LogP contribution in [-0.4, -0.2) is 23.8 Å². The second kappa shape index (κ2) is 11.0. The molecule has 0 saturated carbocycles. The summed E-state index contributed by atoms with van der Waals surface area (Å²) in [5.74, 6) is 1.47. The standard InChI is InChI=1S/C45H33N5O/c1-26-8-5-9-27(2)40(26)30-22-35-33-15-13-31(51-32-14-16-34-37(25-32)44-47-18-20-49(44)39-12-7-17-46-42(34)39)24-36(33)45-48-19-21-50(45)43(35)38(23-30)41-28(3)10-6-11-29(41)4/h5-25H,1-4H3. The highest BCUT2D eigenvalue weighted by Gasteiger charge is 2.20. The maximum absolute atomic E-state index is 6.62. The Bertz CT molecular complexity index is 3020. The largest absolute Gasteiger partial charge is 0.457 e. The Kier molecular flexibility index (Phi) is 6.33. The first-order valence-electron chi connectivity index (χ1n) is 17.3. The van der Waals surface area contributed by atoms with Crippen molar-refractivity contribution in [1.82, 2.24) is 23.8 Å². The first kappa shape index (κ1) is 29.4. The molecule has 244 valence electrons. The molecule has 10 aromatic rings. The van der Waals surface area contributed by atoms with Crippen molar-refractivity contribution in [3.05, 3.63) is 150 Å². The van der Waals surface area contributed by atoms with Crippen LogP contribution >= 0.6 is 0 Å². The zero-order chi connectivity index (χ0) is 34.4. The first-order chi connectivity index (χ1) is 24.9. The van der Waals surface area contributed by atoms with Crippen molar-refractivity contribution in [2.24, 2.45) is 0 Å². The van der Waals surface area contributed by atoms with Crippen molar-refractivity contribution in [2.75, 3.05) is 0 Å². The average molecular weight is 660 g/mol. The van der Waals surface area contributed by atoms with Gasteiger partial charge >= 0.3 is 0 Å². The summed E-state index contributed by atoms with van der Waals surface area (Å²) in [5.41, 5.74) is 14.8. The third-order valence-corrected chi connectivity index (χ3v) is 10.4. The Morgan fingerprint density at radius 2 is 1.10 bits per heavy atom. The van der Waals surface area contributed by atoms with Crippen molar-refractivity contribution in [1.29, 1.82) is 0 Å². The molecule has 5 aromatic carbocycles. The molecule has 0 bridgehead atoms. The molecule has 0 atom stereocenters. The van der Waals surface area contributed by atoms with E-state index in [0.717, 1.165) is 60.9 Å². The van der Waals surface area contributed by atoms with Crippen LogP contribution in [0.25, 0.3) is 77.0 Å². The van der Waals surface area contributed by atoms with Gasteiger partial charge in [-0.2, -0.15) is 0 Å². The number of rotatable bonds is 4. The predicted molar refractivity (Wildman–Crippen MR) is 208 cm³/mol. The quantitative estimate of drug-likeness (QED) is 0.176. The Hall–Kier alpha value is -6.53. The molecule has 0 saturated heterocycles. The molecular formula is C45H33N5O. The molecule has 5 aromatic heterocycles. The van der Waals surface area contributed by atoms with Gasteiger partial charge in [0.2, 0.25) is 0 Å². The minimum absolute atomic E-state index is 0.733. The lowest BCUT2D eigenvalue weighted by Gasteiger charge is -2.20. The Balaban J connectivity index is 1.20. The summed E-state index contributed by atoms with van der Waals surface area (Å²) in [6.45, 7) is 8.82. The first-order valence-corrected chi connectivity index (χ1v) is 17.3. The number of hydrogen-bond acceptors (Lipinski definition) is 4. The fraction of sp³-hybridized carbons (Fsp3) is 0.0889. The summed E-state index contributed by atoms with van der Waals surface area (Å²) in [4.78, 5) is 14.3. The lowest BCUT2D eigenvalue weighted by atomic mass is 9.87. The van der Waals surface area contributed by atoms with Crippen LogP contribution in [-0.2, 0) is 0 Å². The number of aryl methyl sites for hydroxylation is 4. The van der Waals surface area contributed by atoms with Gasteiger partial charge in [-0.15, -0.1) is 0 Å². The topological polar surface area (TPSA) is 56.7 Å². The highest BCUT2D eigenvalue weighted by atomic mass is 16.5. The lowest BCUT2D eigenvalue weighted by molar-refractivity contribution is 0.484. The maximum atomic E-state index is 6.62. The van der Waals surface area contributed by atoms with Crippen molar-refractivity contribution in [3.63, 3.8) is 0 Å². The summed E-state index contributed by atoms with van der Waals surface area (Å²) in [5, 5.41) is 5.37. The maximum Gasteiger partial charge on any atom is 0.145 e. The van der Waals surface area contributed by atoms with Crippen LogP contribution in [0.4, 0.5) is 0 Å². The third-order valence-electron chi connectivity index (χ3n) is 10.4. The van der Waals surface area contributed by atoms with E-state index in [4.69, 9.17) is 19.7 Å². The second-order valence-corrected chi connectivity index (χ2v) is 13.6. The van der Waals surface area contributed by atoms with E-state index in [0.29, 0.717) is 0 Å². The van der Waals surface area contributed by atoms with Crippen molar-refractivity contribution < 1.29 is 4.74 Å². The number of nitrogens with zero attached hydrogens (tertiary/aromatic N) is 5. The molecule has 0 fully saturated rings. The summed E-state index contributed by atoms with van der Waals surface area (Å²) in [6.07, 6.45) is 9.62. The van der Waals surface area contributed by atoms with E-state index in [1.807, 2.05) is 36.9 Å². The van der Waals surface area contributed by atoms with Gasteiger partial charge in [-0.05, 0) is 133 Å². The molecular weight excluding hydrogens is 627 g/mol. The summed E-state index contributed by atoms with van der Waals surface area (Å²) >= 11 is 0. The van der Waals surface area contributed by atoms with Gasteiger partial charge in [-0.25, -0.2) is 9.97 Å². The molecule has 0 aliphatic heterocycles. The van der Waals surface area contributed by atoms with Crippen molar-refractivity contribution >= 4 is 54.8 Å². The van der Waals surface area contributed by atoms with Crippen LogP contribution in [0.1, 0.15) is 22.3 Å². The van der Waals surface area contributed by atoms with Gasteiger partial charge < -0.3 is 4.74 Å². The molecule has 0 N–H and O–H groups in total. The molecule has 6 nitrogen and oxygen atoms in total. The highest BCUT2D eigenvalue weighted by Crippen LogP contribution is 2.43. The molecule has 0 unspecified atom stereocenters. The Labute approximate surface area is 294 Å². The third kappa shape index (κ3) is 4.39. The minimum Gasteiger partial charge on any atom is -0.457 e. The van der Waals surface area contributed by atoms with Gasteiger partial charge in [0, 0.05) is 58.1 Å². The van der Waals surface area contributed by atoms with E-state index in [9.17, 15) is 0 Å².